The summed E-state index contributed by atoms with van der Waals surface area (Å²) in [5.74, 6) is -0.316. The predicted octanol–water partition coefficient (Wildman–Crippen LogP) is 3.02. The van der Waals surface area contributed by atoms with Crippen LogP contribution in [0.4, 0.5) is 0 Å². The van der Waals surface area contributed by atoms with Gasteiger partial charge in [-0.15, -0.1) is 0 Å². The summed E-state index contributed by atoms with van der Waals surface area (Å²) in [6.45, 7) is 7.22. The van der Waals surface area contributed by atoms with Crippen molar-refractivity contribution in [2.45, 2.75) is 32.9 Å². The van der Waals surface area contributed by atoms with Gasteiger partial charge in [-0.05, 0) is 49.6 Å². The van der Waals surface area contributed by atoms with E-state index in [0.717, 1.165) is 16.7 Å². The fourth-order valence-corrected chi connectivity index (χ4v) is 3.22. The molecule has 5 heteroatoms. The van der Waals surface area contributed by atoms with Crippen LogP contribution in [0.1, 0.15) is 40.1 Å². The zero-order chi connectivity index (χ0) is 19.4. The van der Waals surface area contributed by atoms with E-state index in [4.69, 9.17) is 4.74 Å². The third-order valence-electron chi connectivity index (χ3n) is 5.04. The van der Waals surface area contributed by atoms with Crippen LogP contribution in [-0.2, 0) is 9.53 Å². The van der Waals surface area contributed by atoms with E-state index < -0.39 is 6.04 Å². The van der Waals surface area contributed by atoms with E-state index in [1.807, 2.05) is 56.3 Å². The van der Waals surface area contributed by atoms with Gasteiger partial charge < -0.3 is 15.0 Å². The van der Waals surface area contributed by atoms with Crippen LogP contribution in [0.2, 0.25) is 0 Å². The molecule has 1 aliphatic rings. The minimum absolute atomic E-state index is 0.0867. The molecule has 1 N–H and O–H groups in total. The van der Waals surface area contributed by atoms with Gasteiger partial charge in [0.25, 0.3) is 5.91 Å². The Morgan fingerprint density at radius 3 is 2.56 bits per heavy atom. The fourth-order valence-electron chi connectivity index (χ4n) is 3.22. The summed E-state index contributed by atoms with van der Waals surface area (Å²) < 4.78 is 5.82. The number of morpholine rings is 1. The van der Waals surface area contributed by atoms with Crippen LogP contribution in [0.3, 0.4) is 0 Å². The predicted molar refractivity (Wildman–Crippen MR) is 105 cm³/mol. The number of hydrogen-bond donors (Lipinski definition) is 1. The molecule has 1 fully saturated rings. The van der Waals surface area contributed by atoms with Crippen LogP contribution in [0.15, 0.2) is 48.5 Å². The van der Waals surface area contributed by atoms with Gasteiger partial charge >= 0.3 is 0 Å². The molecule has 1 saturated heterocycles. The van der Waals surface area contributed by atoms with Crippen LogP contribution in [0, 0.1) is 13.8 Å². The van der Waals surface area contributed by atoms with Gasteiger partial charge in [-0.25, -0.2) is 0 Å². The molecule has 0 saturated carbocycles. The summed E-state index contributed by atoms with van der Waals surface area (Å²) in [7, 11) is 0. The first-order valence-corrected chi connectivity index (χ1v) is 9.29. The Morgan fingerprint density at radius 2 is 1.85 bits per heavy atom. The number of carbonyl (C=O) groups excluding carboxylic acids is 2. The molecule has 1 unspecified atom stereocenters. The van der Waals surface area contributed by atoms with Crippen molar-refractivity contribution in [3.63, 3.8) is 0 Å². The monoisotopic (exact) mass is 366 g/mol. The molecule has 0 bridgehead atoms. The largest absolute Gasteiger partial charge is 0.370 e. The van der Waals surface area contributed by atoms with Crippen molar-refractivity contribution >= 4 is 11.8 Å². The lowest BCUT2D eigenvalue weighted by Crippen LogP contribution is -2.51. The SMILES string of the molecule is Cc1ccc(C(=O)N[C@H](C)C(=O)N2CCOC(c3ccccc3)C2)cc1C. The maximum absolute atomic E-state index is 12.8. The first kappa shape index (κ1) is 19.1. The highest BCUT2D eigenvalue weighted by Gasteiger charge is 2.29. The summed E-state index contributed by atoms with van der Waals surface area (Å²) in [5, 5.41) is 2.82. The standard InChI is InChI=1S/C22H26N2O3/c1-15-9-10-19(13-16(15)2)21(25)23-17(3)22(26)24-11-12-27-20(14-24)18-7-5-4-6-8-18/h4-10,13,17,20H,11-12,14H2,1-3H3,(H,23,25)/t17-,20?/m1/s1. The van der Waals surface area contributed by atoms with Crippen LogP contribution in [0.25, 0.3) is 0 Å². The lowest BCUT2D eigenvalue weighted by atomic mass is 10.1. The Hall–Kier alpha value is -2.66. The first-order chi connectivity index (χ1) is 13.0. The molecular weight excluding hydrogens is 340 g/mol. The molecule has 27 heavy (non-hydrogen) atoms. The number of hydrogen-bond acceptors (Lipinski definition) is 3. The summed E-state index contributed by atoms with van der Waals surface area (Å²) in [4.78, 5) is 27.1. The lowest BCUT2D eigenvalue weighted by molar-refractivity contribution is -0.140. The molecule has 2 atom stereocenters. The van der Waals surface area contributed by atoms with Gasteiger partial charge in [0.2, 0.25) is 5.91 Å². The fraction of sp³-hybridized carbons (Fsp3) is 0.364. The van der Waals surface area contributed by atoms with Gasteiger partial charge in [-0.2, -0.15) is 0 Å². The lowest BCUT2D eigenvalue weighted by Gasteiger charge is -2.34. The molecule has 0 radical (unpaired) electrons. The van der Waals surface area contributed by atoms with Gasteiger partial charge in [0.1, 0.15) is 12.1 Å². The third-order valence-corrected chi connectivity index (χ3v) is 5.04. The molecule has 1 aliphatic heterocycles. The molecule has 0 spiro atoms. The second kappa shape index (κ2) is 8.35. The van der Waals surface area contributed by atoms with Crippen LogP contribution in [0.5, 0.6) is 0 Å². The van der Waals surface area contributed by atoms with Gasteiger partial charge in [0.15, 0.2) is 0 Å². The van der Waals surface area contributed by atoms with Crippen molar-refractivity contribution in [1.82, 2.24) is 10.2 Å². The van der Waals surface area contributed by atoms with Gasteiger partial charge in [-0.3, -0.25) is 9.59 Å². The Balaban J connectivity index is 1.62. The van der Waals surface area contributed by atoms with Crippen molar-refractivity contribution in [2.75, 3.05) is 19.7 Å². The van der Waals surface area contributed by atoms with E-state index in [1.165, 1.54) is 0 Å². The van der Waals surface area contributed by atoms with Crippen molar-refractivity contribution in [3.05, 3.63) is 70.8 Å². The van der Waals surface area contributed by atoms with Crippen molar-refractivity contribution in [2.24, 2.45) is 0 Å². The molecule has 5 nitrogen and oxygen atoms in total. The topological polar surface area (TPSA) is 58.6 Å². The zero-order valence-electron chi connectivity index (χ0n) is 16.1. The van der Waals surface area contributed by atoms with Crippen LogP contribution in [-0.4, -0.2) is 42.5 Å². The average molecular weight is 366 g/mol. The second-order valence-corrected chi connectivity index (χ2v) is 7.05. The van der Waals surface area contributed by atoms with Crippen LogP contribution < -0.4 is 5.32 Å². The number of benzene rings is 2. The molecule has 2 aromatic rings. The molecule has 0 aliphatic carbocycles. The molecular formula is C22H26N2O3. The molecule has 0 aromatic heterocycles. The maximum atomic E-state index is 12.8. The van der Waals surface area contributed by atoms with E-state index in [-0.39, 0.29) is 17.9 Å². The number of ether oxygens (including phenoxy) is 1. The molecule has 142 valence electrons. The summed E-state index contributed by atoms with van der Waals surface area (Å²) in [5.41, 5.74) is 3.82. The first-order valence-electron chi connectivity index (χ1n) is 9.29. The minimum Gasteiger partial charge on any atom is -0.370 e. The smallest absolute Gasteiger partial charge is 0.251 e. The van der Waals surface area contributed by atoms with Gasteiger partial charge in [-0.1, -0.05) is 36.4 Å². The highest BCUT2D eigenvalue weighted by molar-refractivity contribution is 5.97. The van der Waals surface area contributed by atoms with E-state index in [1.54, 1.807) is 17.9 Å². The number of rotatable bonds is 4. The van der Waals surface area contributed by atoms with E-state index >= 15 is 0 Å². The number of nitrogens with one attached hydrogen (secondary N) is 1. The van der Waals surface area contributed by atoms with Gasteiger partial charge in [0, 0.05) is 12.1 Å². The van der Waals surface area contributed by atoms with Crippen molar-refractivity contribution < 1.29 is 14.3 Å². The van der Waals surface area contributed by atoms with Crippen molar-refractivity contribution in [1.29, 1.82) is 0 Å². The number of aryl methyl sites for hydroxylation is 2. The number of amides is 2. The highest BCUT2D eigenvalue weighted by Crippen LogP contribution is 2.22. The Morgan fingerprint density at radius 1 is 1.11 bits per heavy atom. The van der Waals surface area contributed by atoms with E-state index in [9.17, 15) is 9.59 Å². The van der Waals surface area contributed by atoms with E-state index in [0.29, 0.717) is 25.3 Å². The Labute approximate surface area is 160 Å². The minimum atomic E-state index is -0.589. The third kappa shape index (κ3) is 4.55. The summed E-state index contributed by atoms with van der Waals surface area (Å²) in [6.07, 6.45) is -0.133. The Kier molecular flexibility index (Phi) is 5.91. The molecule has 3 rings (SSSR count). The highest BCUT2D eigenvalue weighted by atomic mass is 16.5. The maximum Gasteiger partial charge on any atom is 0.251 e. The molecule has 2 aromatic carbocycles. The summed E-state index contributed by atoms with van der Waals surface area (Å²) in [6, 6.07) is 14.9. The number of nitrogens with zero attached hydrogens (tertiary/aromatic N) is 1. The second-order valence-electron chi connectivity index (χ2n) is 7.05. The normalized spacial score (nSPS) is 18.0. The van der Waals surface area contributed by atoms with E-state index in [2.05, 4.69) is 5.32 Å². The number of carbonyl (C=O) groups is 2. The summed E-state index contributed by atoms with van der Waals surface area (Å²) >= 11 is 0. The molecule has 2 amide bonds. The Bertz CT molecular complexity index is 820. The van der Waals surface area contributed by atoms with Gasteiger partial charge in [0.05, 0.1) is 13.2 Å². The average Bonchev–Trinajstić information content (AvgIpc) is 2.70. The molecule has 1 heterocycles. The zero-order valence-corrected chi connectivity index (χ0v) is 16.1. The van der Waals surface area contributed by atoms with Crippen LogP contribution >= 0.6 is 0 Å². The van der Waals surface area contributed by atoms with Crippen molar-refractivity contribution in [3.8, 4) is 0 Å². The quantitative estimate of drug-likeness (QED) is 0.905.